The highest BCUT2D eigenvalue weighted by Crippen LogP contribution is 2.26. The third-order valence-electron chi connectivity index (χ3n) is 2.22. The van der Waals surface area contributed by atoms with E-state index in [2.05, 4.69) is 15.9 Å². The molecule has 0 bridgehead atoms. The number of halogens is 1. The van der Waals surface area contributed by atoms with Crippen molar-refractivity contribution in [3.63, 3.8) is 0 Å². The minimum atomic E-state index is -3.28. The summed E-state index contributed by atoms with van der Waals surface area (Å²) in [4.78, 5) is 12.8. The predicted octanol–water partition coefficient (Wildman–Crippen LogP) is 3.51. The number of piperazine rings is 1. The SMILES string of the molecule is [2H]C1([2H])N(C(=O)OC(C)(C)C)C([2H])([2H])C([2H])([2H])N(c2ccccc2Br)C1([2H])[2H]. The van der Waals surface area contributed by atoms with E-state index in [9.17, 15) is 4.79 Å². The van der Waals surface area contributed by atoms with Crippen LogP contribution < -0.4 is 4.90 Å². The molecular formula is C15H21BrN2O2. The lowest BCUT2D eigenvalue weighted by Crippen LogP contribution is -2.50. The van der Waals surface area contributed by atoms with Crippen molar-refractivity contribution < 1.29 is 20.5 Å². The molecule has 1 amide bonds. The van der Waals surface area contributed by atoms with Crippen LogP contribution in [0.4, 0.5) is 10.5 Å². The zero-order chi connectivity index (χ0) is 21.9. The van der Waals surface area contributed by atoms with Crippen molar-refractivity contribution in [3.05, 3.63) is 28.7 Å². The van der Waals surface area contributed by atoms with Gasteiger partial charge in [0.25, 0.3) is 0 Å². The van der Waals surface area contributed by atoms with Gasteiger partial charge in [0, 0.05) is 30.5 Å². The standard InChI is InChI=1S/C15H21BrN2O2/c1-15(2,3)20-14(19)18-10-8-17(9-11-18)13-7-5-4-6-12(13)16/h4-7H,8-11H2,1-3H3/i8D2,9D2,10D2,11D2. The van der Waals surface area contributed by atoms with Gasteiger partial charge in [-0.3, -0.25) is 0 Å². The highest BCUT2D eigenvalue weighted by atomic mass is 79.9. The molecule has 0 N–H and O–H groups in total. The summed E-state index contributed by atoms with van der Waals surface area (Å²) in [6.45, 7) is -8.41. The summed E-state index contributed by atoms with van der Waals surface area (Å²) >= 11 is 3.17. The molecule has 0 radical (unpaired) electrons. The predicted molar refractivity (Wildman–Crippen MR) is 84.2 cm³/mol. The zero-order valence-corrected chi connectivity index (χ0v) is 13.0. The highest BCUT2D eigenvalue weighted by molar-refractivity contribution is 9.10. The third kappa shape index (κ3) is 3.88. The maximum Gasteiger partial charge on any atom is 0.410 e. The Morgan fingerprint density at radius 2 is 1.85 bits per heavy atom. The van der Waals surface area contributed by atoms with E-state index in [1.807, 2.05) is 0 Å². The molecule has 20 heavy (non-hydrogen) atoms. The van der Waals surface area contributed by atoms with E-state index in [1.54, 1.807) is 6.07 Å². The summed E-state index contributed by atoms with van der Waals surface area (Å²) < 4.78 is 71.7. The molecule has 1 aliphatic rings. The Labute approximate surface area is 140 Å². The summed E-state index contributed by atoms with van der Waals surface area (Å²) in [6, 6.07) is 5.90. The molecule has 0 aliphatic carbocycles. The van der Waals surface area contributed by atoms with E-state index in [0.29, 0.717) is 4.90 Å². The summed E-state index contributed by atoms with van der Waals surface area (Å²) in [6.07, 6.45) is -1.50. The van der Waals surface area contributed by atoms with Gasteiger partial charge in [0.1, 0.15) is 5.60 Å². The first kappa shape index (κ1) is 7.69. The number of ether oxygens (including phenoxy) is 1. The van der Waals surface area contributed by atoms with Crippen LogP contribution in [-0.4, -0.2) is 42.6 Å². The average Bonchev–Trinajstić information content (AvgIpc) is 2.45. The normalized spacial score (nSPS) is 32.2. The van der Waals surface area contributed by atoms with Crippen molar-refractivity contribution in [3.8, 4) is 0 Å². The quantitative estimate of drug-likeness (QED) is 0.778. The lowest BCUT2D eigenvalue weighted by atomic mass is 10.2. The molecule has 2 rings (SSSR count). The number of para-hydroxylation sites is 1. The summed E-state index contributed by atoms with van der Waals surface area (Å²) in [5.41, 5.74) is -1.23. The van der Waals surface area contributed by atoms with E-state index < -0.39 is 37.7 Å². The van der Waals surface area contributed by atoms with Crippen LogP contribution in [0.1, 0.15) is 31.7 Å². The second kappa shape index (κ2) is 6.04. The molecule has 0 atom stereocenters. The second-order valence-corrected chi connectivity index (χ2v) is 5.90. The van der Waals surface area contributed by atoms with E-state index >= 15 is 0 Å². The molecule has 5 heteroatoms. The second-order valence-electron chi connectivity index (χ2n) is 5.05. The number of carbonyl (C=O) groups is 1. The monoisotopic (exact) mass is 348 g/mol. The molecule has 1 aromatic carbocycles. The largest absolute Gasteiger partial charge is 0.444 e. The zero-order valence-electron chi connectivity index (χ0n) is 19.4. The van der Waals surface area contributed by atoms with Gasteiger partial charge in [-0.15, -0.1) is 0 Å². The Bertz CT molecular complexity index is 754. The van der Waals surface area contributed by atoms with Crippen LogP contribution >= 0.6 is 15.9 Å². The Kier molecular flexibility index (Phi) is 2.32. The molecule has 1 heterocycles. The lowest BCUT2D eigenvalue weighted by molar-refractivity contribution is 0.0240. The van der Waals surface area contributed by atoms with Gasteiger partial charge in [-0.05, 0) is 48.8 Å². The van der Waals surface area contributed by atoms with Crippen LogP contribution in [0.5, 0.6) is 0 Å². The number of rotatable bonds is 1. The Hall–Kier alpha value is -1.23. The van der Waals surface area contributed by atoms with E-state index in [4.69, 9.17) is 15.7 Å². The fraction of sp³-hybridized carbons (Fsp3) is 0.533. The molecule has 1 fully saturated rings. The minimum Gasteiger partial charge on any atom is -0.444 e. The molecule has 0 unspecified atom stereocenters. The van der Waals surface area contributed by atoms with Crippen molar-refractivity contribution in [2.45, 2.75) is 26.4 Å². The van der Waals surface area contributed by atoms with Gasteiger partial charge in [0.15, 0.2) is 0 Å². The lowest BCUT2D eigenvalue weighted by Gasteiger charge is -2.37. The number of nitrogens with zero attached hydrogens (tertiary/aromatic N) is 2. The molecule has 0 aromatic heterocycles. The maximum absolute atomic E-state index is 12.6. The van der Waals surface area contributed by atoms with Crippen LogP contribution in [0, 0.1) is 0 Å². The van der Waals surface area contributed by atoms with E-state index in [-0.39, 0.29) is 15.1 Å². The number of hydrogen-bond acceptors (Lipinski definition) is 3. The van der Waals surface area contributed by atoms with Gasteiger partial charge in [0.05, 0.1) is 16.7 Å². The highest BCUT2D eigenvalue weighted by Gasteiger charge is 2.26. The molecule has 4 nitrogen and oxygen atoms in total. The number of benzene rings is 1. The van der Waals surface area contributed by atoms with E-state index in [0.717, 1.165) is 0 Å². The first-order valence-corrected chi connectivity index (χ1v) is 6.76. The maximum atomic E-state index is 12.6. The molecule has 110 valence electrons. The number of carbonyl (C=O) groups excluding carboxylic acids is 1. The Morgan fingerprint density at radius 3 is 2.40 bits per heavy atom. The third-order valence-corrected chi connectivity index (χ3v) is 2.89. The van der Waals surface area contributed by atoms with E-state index in [1.165, 1.54) is 39.0 Å². The van der Waals surface area contributed by atoms with Gasteiger partial charge in [-0.25, -0.2) is 4.79 Å². The van der Waals surface area contributed by atoms with Crippen molar-refractivity contribution in [2.75, 3.05) is 30.9 Å². The number of hydrogen-bond donors (Lipinski definition) is 0. The summed E-state index contributed by atoms with van der Waals surface area (Å²) in [5, 5.41) is 0. The first-order valence-electron chi connectivity index (χ1n) is 9.97. The summed E-state index contributed by atoms with van der Waals surface area (Å²) in [7, 11) is 0. The van der Waals surface area contributed by atoms with Gasteiger partial charge in [-0.1, -0.05) is 12.1 Å². The first-order chi connectivity index (χ1) is 12.4. The molecular weight excluding hydrogens is 320 g/mol. The molecule has 0 saturated carbocycles. The van der Waals surface area contributed by atoms with Gasteiger partial charge < -0.3 is 14.5 Å². The van der Waals surface area contributed by atoms with Crippen LogP contribution in [-0.2, 0) is 4.74 Å². The van der Waals surface area contributed by atoms with Crippen LogP contribution in [0.2, 0.25) is 0 Å². The van der Waals surface area contributed by atoms with Crippen molar-refractivity contribution in [2.24, 2.45) is 0 Å². The van der Waals surface area contributed by atoms with Crippen molar-refractivity contribution in [1.29, 1.82) is 0 Å². The number of amides is 1. The number of anilines is 1. The topological polar surface area (TPSA) is 32.8 Å². The van der Waals surface area contributed by atoms with Crippen LogP contribution in [0.15, 0.2) is 28.7 Å². The fourth-order valence-electron chi connectivity index (χ4n) is 1.41. The minimum absolute atomic E-state index is 0.103. The van der Waals surface area contributed by atoms with Crippen LogP contribution in [0.3, 0.4) is 0 Å². The van der Waals surface area contributed by atoms with Crippen molar-refractivity contribution in [1.82, 2.24) is 4.90 Å². The molecule has 1 aliphatic heterocycles. The van der Waals surface area contributed by atoms with Gasteiger partial charge in [-0.2, -0.15) is 0 Å². The summed E-state index contributed by atoms with van der Waals surface area (Å²) in [5.74, 6) is 0. The average molecular weight is 349 g/mol. The van der Waals surface area contributed by atoms with Crippen LogP contribution in [0.25, 0.3) is 0 Å². The fourth-order valence-corrected chi connectivity index (χ4v) is 1.87. The van der Waals surface area contributed by atoms with Gasteiger partial charge >= 0.3 is 6.09 Å². The Morgan fingerprint density at radius 1 is 1.25 bits per heavy atom. The molecule has 1 saturated heterocycles. The van der Waals surface area contributed by atoms with Gasteiger partial charge in [0.2, 0.25) is 0 Å². The Balaban J connectivity index is 2.73. The van der Waals surface area contributed by atoms with Crippen molar-refractivity contribution >= 4 is 27.7 Å². The molecule has 1 aromatic rings. The molecule has 0 spiro atoms. The smallest absolute Gasteiger partial charge is 0.410 e.